The van der Waals surface area contributed by atoms with Crippen LogP contribution in [0.3, 0.4) is 0 Å². The number of halogens is 1. The molecule has 35 heavy (non-hydrogen) atoms. The van der Waals surface area contributed by atoms with Crippen LogP contribution in [-0.4, -0.2) is 37.0 Å². The van der Waals surface area contributed by atoms with Crippen molar-refractivity contribution < 1.29 is 4.84 Å². The first kappa shape index (κ1) is 23.0. The number of fused-ring (bicyclic) bond motifs is 1. The highest BCUT2D eigenvalue weighted by atomic mass is 127. The number of H-pyrrole nitrogens is 1. The summed E-state index contributed by atoms with van der Waals surface area (Å²) in [6.07, 6.45) is 2.33. The van der Waals surface area contributed by atoms with Gasteiger partial charge in [-0.1, -0.05) is 24.3 Å². The Morgan fingerprint density at radius 1 is 1.11 bits per heavy atom. The minimum atomic E-state index is -0.275. The molecule has 0 bridgehead atoms. The number of aryl methyl sites for hydroxylation is 2. The van der Waals surface area contributed by atoms with Crippen LogP contribution in [0.15, 0.2) is 59.5 Å². The van der Waals surface area contributed by atoms with Crippen LogP contribution < -0.4 is 15.7 Å². The topological polar surface area (TPSA) is 111 Å². The first-order valence-electron chi connectivity index (χ1n) is 10.9. The van der Waals surface area contributed by atoms with Gasteiger partial charge in [-0.15, -0.1) is 4.73 Å². The molecule has 5 rings (SSSR count). The third-order valence-electron chi connectivity index (χ3n) is 5.59. The number of nitrogens with zero attached hydrogens (tertiary/aromatic N) is 5. The summed E-state index contributed by atoms with van der Waals surface area (Å²) in [5, 5.41) is 10.9. The summed E-state index contributed by atoms with van der Waals surface area (Å²) in [4.78, 5) is 32.1. The molecule has 0 aliphatic rings. The zero-order valence-electron chi connectivity index (χ0n) is 19.3. The second kappa shape index (κ2) is 9.45. The van der Waals surface area contributed by atoms with Crippen molar-refractivity contribution in [3.8, 4) is 11.1 Å². The molecule has 2 aromatic carbocycles. The molecular weight excluding hydrogens is 557 g/mol. The minimum Gasteiger partial charge on any atom is -0.412 e. The zero-order chi connectivity index (χ0) is 24.5. The standard InChI is InChI=1S/C25H22IN7O2/c1-14-5-4-6-20(26)22(14)19-12-17-13-27-25(30-23(17)33(35-3)24(19)34)29-18-9-7-16(8-10-18)11-21-28-15(2)31-32-21/h4-10,12-13H,11H2,1-3H3,(H,27,29,30)(H,28,31,32). The van der Waals surface area contributed by atoms with Gasteiger partial charge in [0.1, 0.15) is 12.9 Å². The Kier molecular flexibility index (Phi) is 6.20. The molecule has 0 atom stereocenters. The molecule has 3 heterocycles. The van der Waals surface area contributed by atoms with Crippen LogP contribution in [0.1, 0.15) is 22.8 Å². The lowest BCUT2D eigenvalue weighted by molar-refractivity contribution is 0.168. The van der Waals surface area contributed by atoms with Gasteiger partial charge in [0.05, 0.1) is 5.56 Å². The molecule has 0 aliphatic carbocycles. The smallest absolute Gasteiger partial charge is 0.292 e. The lowest BCUT2D eigenvalue weighted by Gasteiger charge is -2.14. The van der Waals surface area contributed by atoms with Crippen LogP contribution in [0.4, 0.5) is 11.6 Å². The van der Waals surface area contributed by atoms with Crippen molar-refractivity contribution in [3.05, 3.63) is 91.4 Å². The molecule has 0 amide bonds. The van der Waals surface area contributed by atoms with Gasteiger partial charge >= 0.3 is 0 Å². The molecule has 5 aromatic rings. The molecule has 0 fully saturated rings. The quantitative estimate of drug-likeness (QED) is 0.291. The molecule has 2 N–H and O–H groups in total. The molecule has 9 nitrogen and oxygen atoms in total. The predicted octanol–water partition coefficient (Wildman–Crippen LogP) is 4.19. The number of benzene rings is 2. The second-order valence-corrected chi connectivity index (χ2v) is 9.24. The second-order valence-electron chi connectivity index (χ2n) is 8.08. The lowest BCUT2D eigenvalue weighted by Crippen LogP contribution is -2.27. The number of anilines is 2. The molecule has 10 heteroatoms. The number of pyridine rings is 1. The average Bonchev–Trinajstić information content (AvgIpc) is 3.25. The number of aromatic amines is 1. The summed E-state index contributed by atoms with van der Waals surface area (Å²) in [5.74, 6) is 1.90. The number of nitrogens with one attached hydrogen (secondary N) is 2. The van der Waals surface area contributed by atoms with Crippen molar-refractivity contribution in [2.24, 2.45) is 0 Å². The highest BCUT2D eigenvalue weighted by molar-refractivity contribution is 14.1. The van der Waals surface area contributed by atoms with E-state index in [0.717, 1.165) is 37.6 Å². The summed E-state index contributed by atoms with van der Waals surface area (Å²) in [7, 11) is 1.46. The van der Waals surface area contributed by atoms with Gasteiger partial charge in [0.2, 0.25) is 5.95 Å². The molecule has 0 saturated heterocycles. The van der Waals surface area contributed by atoms with Crippen LogP contribution in [0.25, 0.3) is 22.2 Å². The summed E-state index contributed by atoms with van der Waals surface area (Å²) < 4.78 is 2.20. The Labute approximate surface area is 214 Å². The normalized spacial score (nSPS) is 11.1. The largest absolute Gasteiger partial charge is 0.412 e. The predicted molar refractivity (Wildman–Crippen MR) is 143 cm³/mol. The van der Waals surface area contributed by atoms with Gasteiger partial charge in [0.25, 0.3) is 5.56 Å². The van der Waals surface area contributed by atoms with E-state index >= 15 is 0 Å². The van der Waals surface area contributed by atoms with Crippen LogP contribution >= 0.6 is 22.6 Å². The maximum Gasteiger partial charge on any atom is 0.292 e. The van der Waals surface area contributed by atoms with Gasteiger partial charge in [0.15, 0.2) is 11.5 Å². The van der Waals surface area contributed by atoms with Gasteiger partial charge in [-0.3, -0.25) is 9.89 Å². The van der Waals surface area contributed by atoms with Crippen molar-refractivity contribution >= 4 is 45.3 Å². The van der Waals surface area contributed by atoms with Crippen LogP contribution in [0.2, 0.25) is 0 Å². The van der Waals surface area contributed by atoms with Gasteiger partial charge in [-0.2, -0.15) is 10.1 Å². The fraction of sp³-hybridized carbons (Fsp3) is 0.160. The Morgan fingerprint density at radius 3 is 2.60 bits per heavy atom. The first-order valence-corrected chi connectivity index (χ1v) is 12.0. The van der Waals surface area contributed by atoms with E-state index in [9.17, 15) is 4.79 Å². The monoisotopic (exact) mass is 579 g/mol. The van der Waals surface area contributed by atoms with Crippen molar-refractivity contribution in [2.45, 2.75) is 20.3 Å². The van der Waals surface area contributed by atoms with Gasteiger partial charge in [-0.05, 0) is 71.8 Å². The first-order chi connectivity index (χ1) is 16.9. The molecule has 0 unspecified atom stereocenters. The lowest BCUT2D eigenvalue weighted by atomic mass is 10.0. The van der Waals surface area contributed by atoms with Crippen molar-refractivity contribution in [1.82, 2.24) is 29.9 Å². The highest BCUT2D eigenvalue weighted by Gasteiger charge is 2.17. The van der Waals surface area contributed by atoms with Crippen molar-refractivity contribution in [2.75, 3.05) is 12.4 Å². The van der Waals surface area contributed by atoms with Crippen molar-refractivity contribution in [3.63, 3.8) is 0 Å². The Balaban J connectivity index is 1.46. The summed E-state index contributed by atoms with van der Waals surface area (Å²) in [5.41, 5.74) is 4.45. The Morgan fingerprint density at radius 2 is 1.91 bits per heavy atom. The molecular formula is C25H22IN7O2. The number of hydrogen-bond donors (Lipinski definition) is 2. The van der Waals surface area contributed by atoms with E-state index in [0.29, 0.717) is 29.0 Å². The Hall–Kier alpha value is -3.80. The van der Waals surface area contributed by atoms with Crippen LogP contribution in [0.5, 0.6) is 0 Å². The van der Waals surface area contributed by atoms with Gasteiger partial charge in [-0.25, -0.2) is 9.97 Å². The average molecular weight is 579 g/mol. The number of hydrogen-bond acceptors (Lipinski definition) is 7. The molecule has 176 valence electrons. The number of rotatable bonds is 6. The Bertz CT molecular complexity index is 1570. The maximum atomic E-state index is 13.3. The summed E-state index contributed by atoms with van der Waals surface area (Å²) in [6, 6.07) is 15.6. The molecule has 3 aromatic heterocycles. The molecule has 0 aliphatic heterocycles. The summed E-state index contributed by atoms with van der Waals surface area (Å²) in [6.45, 7) is 3.86. The van der Waals surface area contributed by atoms with E-state index in [2.05, 4.69) is 53.1 Å². The zero-order valence-corrected chi connectivity index (χ0v) is 21.5. The van der Waals surface area contributed by atoms with Crippen LogP contribution in [0, 0.1) is 17.4 Å². The SMILES string of the molecule is COn1c(=O)c(-c2c(C)cccc2I)cc2cnc(Nc3ccc(Cc4n[nH]c(C)n4)cc3)nc21. The van der Waals surface area contributed by atoms with E-state index in [1.807, 2.05) is 62.4 Å². The van der Waals surface area contributed by atoms with E-state index in [4.69, 9.17) is 4.84 Å². The highest BCUT2D eigenvalue weighted by Crippen LogP contribution is 2.28. The molecule has 0 radical (unpaired) electrons. The van der Waals surface area contributed by atoms with Crippen LogP contribution in [-0.2, 0) is 6.42 Å². The van der Waals surface area contributed by atoms with Gasteiger partial charge in [0, 0.05) is 32.8 Å². The van der Waals surface area contributed by atoms with E-state index < -0.39 is 0 Å². The minimum absolute atomic E-state index is 0.275. The van der Waals surface area contributed by atoms with E-state index in [-0.39, 0.29) is 5.56 Å². The third kappa shape index (κ3) is 4.61. The molecule has 0 saturated carbocycles. The number of aromatic nitrogens is 6. The third-order valence-corrected chi connectivity index (χ3v) is 6.49. The fourth-order valence-corrected chi connectivity index (χ4v) is 4.86. The maximum absolute atomic E-state index is 13.3. The van der Waals surface area contributed by atoms with Crippen molar-refractivity contribution in [1.29, 1.82) is 0 Å². The molecule has 0 spiro atoms. The fourth-order valence-electron chi connectivity index (χ4n) is 3.94. The van der Waals surface area contributed by atoms with Gasteiger partial charge < -0.3 is 10.2 Å². The summed E-state index contributed by atoms with van der Waals surface area (Å²) >= 11 is 2.24. The van der Waals surface area contributed by atoms with E-state index in [1.54, 1.807) is 6.20 Å². The van der Waals surface area contributed by atoms with E-state index in [1.165, 1.54) is 11.8 Å².